The number of aliphatic carboxylic acids is 1. The molecule has 108 valence electrons. The number of anilines is 1. The second-order valence-corrected chi connectivity index (χ2v) is 5.27. The fraction of sp³-hybridized carbons (Fsp3) is 0.417. The Morgan fingerprint density at radius 3 is 2.85 bits per heavy atom. The summed E-state index contributed by atoms with van der Waals surface area (Å²) in [6, 6.07) is 1.21. The molecular weight excluding hydrogens is 284 g/mol. The molecule has 7 nitrogen and oxygen atoms in total. The number of amides is 2. The molecule has 1 atom stereocenters. The number of hydrogen-bond donors (Lipinski definition) is 2. The molecule has 0 aromatic carbocycles. The highest BCUT2D eigenvalue weighted by atomic mass is 32.1. The summed E-state index contributed by atoms with van der Waals surface area (Å²) in [5.74, 6) is -1.94. The van der Waals surface area contributed by atoms with Crippen LogP contribution >= 0.6 is 11.3 Å². The maximum Gasteiger partial charge on any atom is 0.350 e. The van der Waals surface area contributed by atoms with Crippen LogP contribution in [0.2, 0.25) is 0 Å². The third-order valence-corrected chi connectivity index (χ3v) is 4.00. The Kier molecular flexibility index (Phi) is 4.23. The van der Waals surface area contributed by atoms with E-state index in [0.29, 0.717) is 23.5 Å². The van der Waals surface area contributed by atoms with Crippen LogP contribution in [0.15, 0.2) is 11.4 Å². The van der Waals surface area contributed by atoms with Crippen LogP contribution in [0.3, 0.4) is 0 Å². The van der Waals surface area contributed by atoms with Gasteiger partial charge in [-0.05, 0) is 17.9 Å². The molecule has 2 rings (SSSR count). The predicted octanol–water partition coefficient (Wildman–Crippen LogP) is 1.47. The smallest absolute Gasteiger partial charge is 0.350 e. The van der Waals surface area contributed by atoms with Gasteiger partial charge in [-0.2, -0.15) is 0 Å². The Bertz CT molecular complexity index is 542. The SMILES string of the molecule is COC(=O)c1sccc1NC(=O)N1CCC(C(=O)O)C1. The number of esters is 1. The second-order valence-electron chi connectivity index (χ2n) is 4.35. The summed E-state index contributed by atoms with van der Waals surface area (Å²) in [5, 5.41) is 13.2. The number of carbonyl (C=O) groups excluding carboxylic acids is 2. The van der Waals surface area contributed by atoms with Gasteiger partial charge in [0, 0.05) is 13.1 Å². The molecule has 2 N–H and O–H groups in total. The molecule has 0 radical (unpaired) electrons. The standard InChI is InChI=1S/C12H14N2O5S/c1-19-11(17)9-8(3-5-20-9)13-12(18)14-4-2-7(6-14)10(15)16/h3,5,7H,2,4,6H2,1H3,(H,13,18)(H,15,16). The molecule has 2 heterocycles. The zero-order valence-electron chi connectivity index (χ0n) is 10.8. The molecule has 0 bridgehead atoms. The first kappa shape index (κ1) is 14.3. The summed E-state index contributed by atoms with van der Waals surface area (Å²) >= 11 is 1.17. The maximum atomic E-state index is 12.0. The van der Waals surface area contributed by atoms with Crippen molar-refractivity contribution in [2.75, 3.05) is 25.5 Å². The highest BCUT2D eigenvalue weighted by Crippen LogP contribution is 2.24. The zero-order chi connectivity index (χ0) is 14.7. The normalized spacial score (nSPS) is 17.9. The van der Waals surface area contributed by atoms with Crippen molar-refractivity contribution in [3.05, 3.63) is 16.3 Å². The van der Waals surface area contributed by atoms with Gasteiger partial charge in [0.25, 0.3) is 0 Å². The van der Waals surface area contributed by atoms with E-state index >= 15 is 0 Å². The number of thiophene rings is 1. The minimum atomic E-state index is -0.897. The number of methoxy groups -OCH3 is 1. The van der Waals surface area contributed by atoms with E-state index in [1.807, 2.05) is 0 Å². The van der Waals surface area contributed by atoms with E-state index < -0.39 is 23.9 Å². The van der Waals surface area contributed by atoms with Gasteiger partial charge in [0.05, 0.1) is 18.7 Å². The van der Waals surface area contributed by atoms with E-state index in [1.165, 1.54) is 23.3 Å². The summed E-state index contributed by atoms with van der Waals surface area (Å²) < 4.78 is 4.62. The van der Waals surface area contributed by atoms with Crippen molar-refractivity contribution in [2.45, 2.75) is 6.42 Å². The molecule has 1 fully saturated rings. The van der Waals surface area contributed by atoms with Gasteiger partial charge >= 0.3 is 18.0 Å². The van der Waals surface area contributed by atoms with E-state index in [0.717, 1.165) is 0 Å². The Balaban J connectivity index is 2.01. The average molecular weight is 298 g/mol. The first-order valence-electron chi connectivity index (χ1n) is 5.97. The van der Waals surface area contributed by atoms with Crippen LogP contribution in [0.25, 0.3) is 0 Å². The molecule has 0 saturated carbocycles. The molecule has 1 saturated heterocycles. The highest BCUT2D eigenvalue weighted by molar-refractivity contribution is 7.12. The van der Waals surface area contributed by atoms with Gasteiger partial charge in [-0.25, -0.2) is 9.59 Å². The number of carboxylic acid groups (broad SMARTS) is 1. The Morgan fingerprint density at radius 2 is 2.25 bits per heavy atom. The number of rotatable bonds is 3. The van der Waals surface area contributed by atoms with Crippen LogP contribution in [0.1, 0.15) is 16.1 Å². The van der Waals surface area contributed by atoms with Gasteiger partial charge < -0.3 is 20.1 Å². The van der Waals surface area contributed by atoms with Crippen molar-refractivity contribution in [3.63, 3.8) is 0 Å². The lowest BCUT2D eigenvalue weighted by Crippen LogP contribution is -2.34. The van der Waals surface area contributed by atoms with Crippen molar-refractivity contribution in [1.29, 1.82) is 0 Å². The first-order chi connectivity index (χ1) is 9.52. The summed E-state index contributed by atoms with van der Waals surface area (Å²) in [6.45, 7) is 0.569. The molecule has 2 amide bonds. The van der Waals surface area contributed by atoms with Gasteiger partial charge in [0.15, 0.2) is 0 Å². The predicted molar refractivity (Wildman–Crippen MR) is 72.0 cm³/mol. The van der Waals surface area contributed by atoms with Crippen LogP contribution < -0.4 is 5.32 Å². The van der Waals surface area contributed by atoms with Crippen molar-refractivity contribution in [2.24, 2.45) is 5.92 Å². The van der Waals surface area contributed by atoms with Crippen molar-refractivity contribution in [1.82, 2.24) is 4.90 Å². The third-order valence-electron chi connectivity index (χ3n) is 3.10. The van der Waals surface area contributed by atoms with Crippen molar-refractivity contribution >= 4 is 35.0 Å². The molecule has 20 heavy (non-hydrogen) atoms. The number of carbonyl (C=O) groups is 3. The number of nitrogens with zero attached hydrogens (tertiary/aromatic N) is 1. The average Bonchev–Trinajstić information content (AvgIpc) is 3.06. The van der Waals surface area contributed by atoms with Gasteiger partial charge in [-0.3, -0.25) is 4.79 Å². The minimum Gasteiger partial charge on any atom is -0.481 e. The fourth-order valence-corrected chi connectivity index (χ4v) is 2.76. The van der Waals surface area contributed by atoms with Crippen LogP contribution in [0.4, 0.5) is 10.5 Å². The molecule has 1 unspecified atom stereocenters. The molecule has 0 spiro atoms. The largest absolute Gasteiger partial charge is 0.481 e. The lowest BCUT2D eigenvalue weighted by molar-refractivity contribution is -0.141. The number of carboxylic acids is 1. The van der Waals surface area contributed by atoms with Gasteiger partial charge in [0.1, 0.15) is 4.88 Å². The monoisotopic (exact) mass is 298 g/mol. The third kappa shape index (κ3) is 2.90. The van der Waals surface area contributed by atoms with E-state index in [2.05, 4.69) is 10.1 Å². The topological polar surface area (TPSA) is 95.9 Å². The van der Waals surface area contributed by atoms with E-state index in [4.69, 9.17) is 5.11 Å². The van der Waals surface area contributed by atoms with Crippen molar-refractivity contribution in [3.8, 4) is 0 Å². The van der Waals surface area contributed by atoms with E-state index in [9.17, 15) is 14.4 Å². The van der Waals surface area contributed by atoms with Gasteiger partial charge in [-0.1, -0.05) is 0 Å². The van der Waals surface area contributed by atoms with Gasteiger partial charge in [0.2, 0.25) is 0 Å². The van der Waals surface area contributed by atoms with Crippen LogP contribution in [0.5, 0.6) is 0 Å². The van der Waals surface area contributed by atoms with E-state index in [1.54, 1.807) is 11.4 Å². The molecule has 1 aliphatic heterocycles. The molecule has 1 aromatic heterocycles. The van der Waals surface area contributed by atoms with Crippen LogP contribution in [-0.4, -0.2) is 48.2 Å². The molecule has 1 aromatic rings. The molecular formula is C12H14N2O5S. The fourth-order valence-electron chi connectivity index (χ4n) is 2.00. The quantitative estimate of drug-likeness (QED) is 0.824. The Morgan fingerprint density at radius 1 is 1.50 bits per heavy atom. The van der Waals surface area contributed by atoms with Crippen molar-refractivity contribution < 1.29 is 24.2 Å². The number of hydrogen-bond acceptors (Lipinski definition) is 5. The molecule has 8 heteroatoms. The number of ether oxygens (including phenoxy) is 1. The van der Waals surface area contributed by atoms with E-state index in [-0.39, 0.29) is 6.54 Å². The Hall–Kier alpha value is -2.09. The van der Waals surface area contributed by atoms with Gasteiger partial charge in [-0.15, -0.1) is 11.3 Å². The minimum absolute atomic E-state index is 0.179. The lowest BCUT2D eigenvalue weighted by Gasteiger charge is -2.16. The number of urea groups is 1. The molecule has 0 aliphatic carbocycles. The maximum absolute atomic E-state index is 12.0. The summed E-state index contributed by atoms with van der Waals surface area (Å²) in [4.78, 5) is 36.1. The summed E-state index contributed by atoms with van der Waals surface area (Å²) in [5.41, 5.74) is 0.380. The summed E-state index contributed by atoms with van der Waals surface area (Å²) in [6.07, 6.45) is 0.441. The lowest BCUT2D eigenvalue weighted by atomic mass is 10.1. The molecule has 1 aliphatic rings. The Labute approximate surface area is 119 Å². The number of likely N-dealkylation sites (tertiary alicyclic amines) is 1. The first-order valence-corrected chi connectivity index (χ1v) is 6.85. The number of nitrogens with one attached hydrogen (secondary N) is 1. The van der Waals surface area contributed by atoms with Crippen LogP contribution in [0, 0.1) is 5.92 Å². The second kappa shape index (κ2) is 5.91. The highest BCUT2D eigenvalue weighted by Gasteiger charge is 2.31. The van der Waals surface area contributed by atoms with Crippen LogP contribution in [-0.2, 0) is 9.53 Å². The summed E-state index contributed by atoms with van der Waals surface area (Å²) in [7, 11) is 1.27. The zero-order valence-corrected chi connectivity index (χ0v) is 11.6.